The van der Waals surface area contributed by atoms with E-state index in [0.29, 0.717) is 6.04 Å². The molecule has 1 aliphatic rings. The van der Waals surface area contributed by atoms with Crippen molar-refractivity contribution in [3.8, 4) is 0 Å². The normalized spacial score (nSPS) is 16.2. The number of anilines is 2. The predicted molar refractivity (Wildman–Crippen MR) is 89.8 cm³/mol. The Labute approximate surface area is 128 Å². The maximum Gasteiger partial charge on any atom is 0.225 e. The molecule has 116 valence electrons. The minimum atomic E-state index is 0.395. The van der Waals surface area contributed by atoms with Crippen molar-refractivity contribution in [2.24, 2.45) is 0 Å². The molecule has 0 bridgehead atoms. The number of hydrogen-bond donors (Lipinski definition) is 2. The van der Waals surface area contributed by atoms with E-state index in [4.69, 9.17) is 0 Å². The van der Waals surface area contributed by atoms with E-state index in [1.165, 1.54) is 25.7 Å². The molecule has 4 nitrogen and oxygen atoms in total. The van der Waals surface area contributed by atoms with E-state index in [0.717, 1.165) is 36.8 Å². The van der Waals surface area contributed by atoms with Crippen LogP contribution in [0.15, 0.2) is 17.7 Å². The van der Waals surface area contributed by atoms with Crippen molar-refractivity contribution in [1.82, 2.24) is 9.97 Å². The molecule has 1 aromatic rings. The molecule has 1 atom stereocenters. The molecule has 0 saturated heterocycles. The van der Waals surface area contributed by atoms with Crippen molar-refractivity contribution in [3.63, 3.8) is 0 Å². The predicted octanol–water partition coefficient (Wildman–Crippen LogP) is 4.30. The van der Waals surface area contributed by atoms with Gasteiger partial charge in [0.25, 0.3) is 0 Å². The van der Waals surface area contributed by atoms with Crippen LogP contribution in [0.3, 0.4) is 0 Å². The summed E-state index contributed by atoms with van der Waals surface area (Å²) < 4.78 is 0. The van der Waals surface area contributed by atoms with Gasteiger partial charge in [0, 0.05) is 24.3 Å². The van der Waals surface area contributed by atoms with Gasteiger partial charge in [-0.2, -0.15) is 4.98 Å². The largest absolute Gasteiger partial charge is 0.370 e. The summed E-state index contributed by atoms with van der Waals surface area (Å²) in [5.74, 6) is 1.65. The van der Waals surface area contributed by atoms with Gasteiger partial charge < -0.3 is 10.6 Å². The van der Waals surface area contributed by atoms with Crippen molar-refractivity contribution in [3.05, 3.63) is 23.4 Å². The van der Waals surface area contributed by atoms with Gasteiger partial charge in [0.1, 0.15) is 5.82 Å². The second-order valence-corrected chi connectivity index (χ2v) is 5.96. The lowest BCUT2D eigenvalue weighted by atomic mass is 9.97. The van der Waals surface area contributed by atoms with Gasteiger partial charge in [-0.05, 0) is 52.4 Å². The van der Waals surface area contributed by atoms with Gasteiger partial charge in [-0.15, -0.1) is 0 Å². The molecule has 1 aromatic heterocycles. The number of hydrogen-bond acceptors (Lipinski definition) is 4. The Morgan fingerprint density at radius 1 is 1.29 bits per heavy atom. The van der Waals surface area contributed by atoms with Crippen LogP contribution >= 0.6 is 0 Å². The summed E-state index contributed by atoms with van der Waals surface area (Å²) in [6.45, 7) is 7.27. The summed E-state index contributed by atoms with van der Waals surface area (Å²) in [6, 6.07) is 2.41. The Morgan fingerprint density at radius 2 is 2.14 bits per heavy atom. The number of rotatable bonds is 7. The van der Waals surface area contributed by atoms with Gasteiger partial charge in [-0.3, -0.25) is 0 Å². The molecule has 0 spiro atoms. The summed E-state index contributed by atoms with van der Waals surface area (Å²) in [4.78, 5) is 9.00. The maximum absolute atomic E-state index is 4.55. The first-order valence-corrected chi connectivity index (χ1v) is 8.21. The van der Waals surface area contributed by atoms with Crippen LogP contribution < -0.4 is 10.6 Å². The second kappa shape index (κ2) is 8.01. The molecule has 1 aliphatic carbocycles. The van der Waals surface area contributed by atoms with E-state index in [1.54, 1.807) is 5.57 Å². The lowest BCUT2D eigenvalue weighted by Crippen LogP contribution is -2.17. The minimum absolute atomic E-state index is 0.395. The summed E-state index contributed by atoms with van der Waals surface area (Å²) in [5, 5.41) is 6.77. The number of aromatic nitrogens is 2. The van der Waals surface area contributed by atoms with E-state index in [-0.39, 0.29) is 0 Å². The number of nitrogens with zero attached hydrogens (tertiary/aromatic N) is 2. The first-order chi connectivity index (χ1) is 10.2. The highest BCUT2D eigenvalue weighted by Crippen LogP contribution is 2.20. The zero-order valence-corrected chi connectivity index (χ0v) is 13.6. The molecule has 1 unspecified atom stereocenters. The van der Waals surface area contributed by atoms with E-state index in [1.807, 2.05) is 13.0 Å². The maximum atomic E-state index is 4.55. The fraction of sp³-hybridized carbons (Fsp3) is 0.647. The van der Waals surface area contributed by atoms with Crippen LogP contribution in [0.4, 0.5) is 11.8 Å². The van der Waals surface area contributed by atoms with Gasteiger partial charge in [0.05, 0.1) is 0 Å². The van der Waals surface area contributed by atoms with E-state index >= 15 is 0 Å². The average Bonchev–Trinajstić information content (AvgIpc) is 2.47. The van der Waals surface area contributed by atoms with Gasteiger partial charge in [-0.1, -0.05) is 18.6 Å². The molecule has 2 N–H and O–H groups in total. The van der Waals surface area contributed by atoms with Gasteiger partial charge in [0.2, 0.25) is 5.95 Å². The van der Waals surface area contributed by atoms with Crippen molar-refractivity contribution in [2.75, 3.05) is 17.2 Å². The number of allylic oxidation sites excluding steroid dienone is 1. The summed E-state index contributed by atoms with van der Waals surface area (Å²) in [5.41, 5.74) is 2.59. The van der Waals surface area contributed by atoms with Crippen molar-refractivity contribution in [2.45, 2.75) is 65.3 Å². The minimum Gasteiger partial charge on any atom is -0.370 e. The SMILES string of the molecule is CCC(C)Nc1nc(C)cc(NCCC2=CCCCC2)n1. The van der Waals surface area contributed by atoms with E-state index in [2.05, 4.69) is 40.5 Å². The Balaban J connectivity index is 1.88. The van der Waals surface area contributed by atoms with Crippen LogP contribution in [0.2, 0.25) is 0 Å². The third kappa shape index (κ3) is 5.37. The molecule has 1 heterocycles. The Hall–Kier alpha value is -1.58. The number of aryl methyl sites for hydroxylation is 1. The summed E-state index contributed by atoms with van der Waals surface area (Å²) in [6.07, 6.45) is 9.82. The highest BCUT2D eigenvalue weighted by Gasteiger charge is 2.06. The molecular formula is C17H28N4. The average molecular weight is 288 g/mol. The standard InChI is InChI=1S/C17H28N4/c1-4-13(2)19-17-20-14(3)12-16(21-17)18-11-10-15-8-6-5-7-9-15/h8,12-13H,4-7,9-11H2,1-3H3,(H2,18,19,20,21). The molecule has 21 heavy (non-hydrogen) atoms. The molecule has 0 fully saturated rings. The lowest BCUT2D eigenvalue weighted by molar-refractivity contribution is 0.679. The number of nitrogens with one attached hydrogen (secondary N) is 2. The molecule has 0 aliphatic heterocycles. The van der Waals surface area contributed by atoms with Crippen molar-refractivity contribution >= 4 is 11.8 Å². The van der Waals surface area contributed by atoms with Gasteiger partial charge in [-0.25, -0.2) is 4.98 Å². The zero-order chi connectivity index (χ0) is 15.1. The zero-order valence-electron chi connectivity index (χ0n) is 13.6. The Bertz CT molecular complexity index is 482. The smallest absolute Gasteiger partial charge is 0.225 e. The van der Waals surface area contributed by atoms with Crippen molar-refractivity contribution in [1.29, 1.82) is 0 Å². The summed E-state index contributed by atoms with van der Waals surface area (Å²) >= 11 is 0. The topological polar surface area (TPSA) is 49.8 Å². The van der Waals surface area contributed by atoms with Crippen LogP contribution in [0, 0.1) is 6.92 Å². The van der Waals surface area contributed by atoms with Crippen LogP contribution in [-0.4, -0.2) is 22.6 Å². The highest BCUT2D eigenvalue weighted by atomic mass is 15.1. The van der Waals surface area contributed by atoms with Crippen molar-refractivity contribution < 1.29 is 0 Å². The molecule has 0 radical (unpaired) electrons. The molecule has 2 rings (SSSR count). The third-order valence-corrected chi connectivity index (χ3v) is 3.98. The third-order valence-electron chi connectivity index (χ3n) is 3.98. The summed E-state index contributed by atoms with van der Waals surface area (Å²) in [7, 11) is 0. The quantitative estimate of drug-likeness (QED) is 0.735. The van der Waals surface area contributed by atoms with Crippen LogP contribution in [-0.2, 0) is 0 Å². The second-order valence-electron chi connectivity index (χ2n) is 5.96. The molecule has 4 heteroatoms. The molecular weight excluding hydrogens is 260 g/mol. The van der Waals surface area contributed by atoms with E-state index in [9.17, 15) is 0 Å². The molecule has 0 aromatic carbocycles. The first kappa shape index (κ1) is 15.8. The van der Waals surface area contributed by atoms with Gasteiger partial charge in [0.15, 0.2) is 0 Å². The van der Waals surface area contributed by atoms with E-state index < -0.39 is 0 Å². The van der Waals surface area contributed by atoms with Gasteiger partial charge >= 0.3 is 0 Å². The Kier molecular flexibility index (Phi) is 6.03. The monoisotopic (exact) mass is 288 g/mol. The first-order valence-electron chi connectivity index (χ1n) is 8.21. The van der Waals surface area contributed by atoms with Crippen LogP contribution in [0.25, 0.3) is 0 Å². The fourth-order valence-corrected chi connectivity index (χ4v) is 2.53. The lowest BCUT2D eigenvalue weighted by Gasteiger charge is -2.15. The Morgan fingerprint density at radius 3 is 2.86 bits per heavy atom. The molecule has 0 amide bonds. The fourth-order valence-electron chi connectivity index (χ4n) is 2.53. The van der Waals surface area contributed by atoms with Crippen LogP contribution in [0.5, 0.6) is 0 Å². The molecule has 0 saturated carbocycles. The highest BCUT2D eigenvalue weighted by molar-refractivity contribution is 5.42. The van der Waals surface area contributed by atoms with Crippen LogP contribution in [0.1, 0.15) is 58.1 Å².